The molecule has 1 heterocycles. The van der Waals surface area contributed by atoms with E-state index in [0.29, 0.717) is 12.2 Å². The number of aliphatic imine (C=N–C) groups is 2. The first kappa shape index (κ1) is 35.2. The van der Waals surface area contributed by atoms with Crippen LogP contribution >= 0.6 is 0 Å². The summed E-state index contributed by atoms with van der Waals surface area (Å²) >= 11 is 0. The van der Waals surface area contributed by atoms with Gasteiger partial charge < -0.3 is 20.5 Å². The average molecular weight is 612 g/mol. The second-order valence-electron chi connectivity index (χ2n) is 11.1. The fraction of sp³-hybridized carbons (Fsp3) is 0.378. The van der Waals surface area contributed by atoms with Crippen LogP contribution in [0.4, 0.5) is 5.69 Å². The van der Waals surface area contributed by atoms with Gasteiger partial charge >= 0.3 is 0 Å². The average Bonchev–Trinajstić information content (AvgIpc) is 3.06. The summed E-state index contributed by atoms with van der Waals surface area (Å²) in [4.78, 5) is 22.6. The summed E-state index contributed by atoms with van der Waals surface area (Å²) in [7, 11) is 1.81. The highest BCUT2D eigenvalue weighted by atomic mass is 16.5. The standard InChI is InChI=1S/C37H49N5O3/c1-8-16-35-39-22-30(23-40-35)33(21-28(9-2)24-43)31(10-3)37(38-7)45-27(6)41-26(5)36(44)42-34-20-15-14-19-32(34)25(4)29-17-12-11-13-18-29/h10-15,17-22,26,28,30,37-38,41,43H,4,6,8-9,16,23-24H2,1-3,5,7H3,(H,42,44)/b31-10-,33-21-. The van der Waals surface area contributed by atoms with E-state index in [9.17, 15) is 9.90 Å². The van der Waals surface area contributed by atoms with Crippen molar-refractivity contribution < 1.29 is 14.6 Å². The summed E-state index contributed by atoms with van der Waals surface area (Å²) in [5.74, 6) is 0.782. The molecule has 4 N–H and O–H groups in total. The first-order valence-corrected chi connectivity index (χ1v) is 15.8. The smallest absolute Gasteiger partial charge is 0.246 e. The molecule has 3 rings (SSSR count). The maximum Gasteiger partial charge on any atom is 0.246 e. The lowest BCUT2D eigenvalue weighted by atomic mass is 9.87. The number of amidine groups is 1. The van der Waals surface area contributed by atoms with E-state index in [1.807, 2.05) is 80.9 Å². The van der Waals surface area contributed by atoms with Crippen molar-refractivity contribution in [3.05, 3.63) is 108 Å². The number of carbonyl (C=O) groups excluding carboxylic acids is 1. The zero-order chi connectivity index (χ0) is 32.8. The van der Waals surface area contributed by atoms with Crippen molar-refractivity contribution in [2.45, 2.75) is 59.2 Å². The van der Waals surface area contributed by atoms with E-state index in [1.54, 1.807) is 6.92 Å². The molecular weight excluding hydrogens is 562 g/mol. The van der Waals surface area contributed by atoms with Gasteiger partial charge in [0.2, 0.25) is 5.91 Å². The van der Waals surface area contributed by atoms with E-state index >= 15 is 0 Å². The zero-order valence-corrected chi connectivity index (χ0v) is 27.3. The molecule has 0 saturated heterocycles. The van der Waals surface area contributed by atoms with E-state index in [-0.39, 0.29) is 30.2 Å². The van der Waals surface area contributed by atoms with E-state index in [0.717, 1.165) is 52.9 Å². The summed E-state index contributed by atoms with van der Waals surface area (Å²) in [6, 6.07) is 16.8. The van der Waals surface area contributed by atoms with Gasteiger partial charge in [0.1, 0.15) is 11.9 Å². The SMILES string of the molecule is C=C(NC(C)C(=O)Nc1ccccc1C(=C)c1ccccc1)OC(NC)C(=C\C)/C(=C\C(CC)CO)C1C=NC(CCC)=NC1. The number of rotatable bonds is 17. The highest BCUT2D eigenvalue weighted by Gasteiger charge is 2.27. The lowest BCUT2D eigenvalue weighted by Gasteiger charge is -2.29. The predicted molar refractivity (Wildman–Crippen MR) is 187 cm³/mol. The molecule has 0 saturated carbocycles. The van der Waals surface area contributed by atoms with Crippen molar-refractivity contribution in [2.75, 3.05) is 25.5 Å². The van der Waals surface area contributed by atoms with Gasteiger partial charge in [-0.15, -0.1) is 0 Å². The molecular formula is C37H49N5O3. The molecule has 2 aromatic carbocycles. The van der Waals surface area contributed by atoms with Gasteiger partial charge in [0.25, 0.3) is 0 Å². The molecule has 4 atom stereocenters. The Morgan fingerprint density at radius 3 is 2.44 bits per heavy atom. The van der Waals surface area contributed by atoms with Crippen LogP contribution in [0.3, 0.4) is 0 Å². The number of ether oxygens (including phenoxy) is 1. The zero-order valence-electron chi connectivity index (χ0n) is 27.3. The van der Waals surface area contributed by atoms with Crippen molar-refractivity contribution in [1.82, 2.24) is 10.6 Å². The molecule has 2 aromatic rings. The molecule has 0 fully saturated rings. The molecule has 1 amide bonds. The number of aliphatic hydroxyl groups is 1. The topological polar surface area (TPSA) is 107 Å². The van der Waals surface area contributed by atoms with Gasteiger partial charge in [-0.3, -0.25) is 15.1 Å². The third-order valence-corrected chi connectivity index (χ3v) is 7.77. The Bertz CT molecular complexity index is 1420. The molecule has 8 heteroatoms. The number of carbonyl (C=O) groups is 1. The maximum absolute atomic E-state index is 13.3. The van der Waals surface area contributed by atoms with E-state index in [1.165, 1.54) is 0 Å². The molecule has 240 valence electrons. The van der Waals surface area contributed by atoms with Crippen LogP contribution < -0.4 is 16.0 Å². The van der Waals surface area contributed by atoms with Crippen LogP contribution in [0.2, 0.25) is 0 Å². The Hall–Kier alpha value is -4.27. The number of aliphatic hydroxyl groups excluding tert-OH is 1. The van der Waals surface area contributed by atoms with Crippen molar-refractivity contribution in [3.8, 4) is 0 Å². The Morgan fingerprint density at radius 1 is 1.13 bits per heavy atom. The Balaban J connectivity index is 1.72. The molecule has 45 heavy (non-hydrogen) atoms. The van der Waals surface area contributed by atoms with Gasteiger partial charge in [0, 0.05) is 47.9 Å². The molecule has 1 aliphatic rings. The fourth-order valence-electron chi connectivity index (χ4n) is 5.12. The number of nitrogens with one attached hydrogen (secondary N) is 3. The van der Waals surface area contributed by atoms with E-state index in [4.69, 9.17) is 9.73 Å². The molecule has 0 aromatic heterocycles. The summed E-state index contributed by atoms with van der Waals surface area (Å²) in [5.41, 5.74) is 5.20. The van der Waals surface area contributed by atoms with Crippen molar-refractivity contribution in [3.63, 3.8) is 0 Å². The summed E-state index contributed by atoms with van der Waals surface area (Å²) in [5, 5.41) is 19.4. The third-order valence-electron chi connectivity index (χ3n) is 7.77. The molecule has 0 aliphatic carbocycles. The minimum Gasteiger partial charge on any atom is -0.457 e. The highest BCUT2D eigenvalue weighted by molar-refractivity contribution is 5.98. The number of anilines is 1. The number of amides is 1. The predicted octanol–water partition coefficient (Wildman–Crippen LogP) is 6.49. The second kappa shape index (κ2) is 17.9. The van der Waals surface area contributed by atoms with Gasteiger partial charge in [-0.1, -0.05) is 81.1 Å². The van der Waals surface area contributed by atoms with Crippen molar-refractivity contribution in [2.24, 2.45) is 21.8 Å². The van der Waals surface area contributed by atoms with Gasteiger partial charge in [-0.2, -0.15) is 0 Å². The van der Waals surface area contributed by atoms with Crippen LogP contribution in [0.25, 0.3) is 5.57 Å². The van der Waals surface area contributed by atoms with Gasteiger partial charge in [-0.05, 0) is 63.1 Å². The largest absolute Gasteiger partial charge is 0.457 e. The highest BCUT2D eigenvalue weighted by Crippen LogP contribution is 2.29. The van der Waals surface area contributed by atoms with E-state index in [2.05, 4.69) is 54.0 Å². The molecule has 8 nitrogen and oxygen atoms in total. The molecule has 4 unspecified atom stereocenters. The van der Waals surface area contributed by atoms with Crippen LogP contribution in [-0.4, -0.2) is 55.5 Å². The minimum absolute atomic E-state index is 0.0206. The lowest BCUT2D eigenvalue weighted by Crippen LogP contribution is -2.41. The first-order chi connectivity index (χ1) is 21.8. The number of hydrogen-bond donors (Lipinski definition) is 4. The Morgan fingerprint density at radius 2 is 1.84 bits per heavy atom. The minimum atomic E-state index is -0.646. The molecule has 0 bridgehead atoms. The first-order valence-electron chi connectivity index (χ1n) is 15.8. The second-order valence-corrected chi connectivity index (χ2v) is 11.1. The maximum atomic E-state index is 13.3. The van der Waals surface area contributed by atoms with Crippen molar-refractivity contribution >= 4 is 29.2 Å². The fourth-order valence-corrected chi connectivity index (χ4v) is 5.12. The number of benzene rings is 2. The third kappa shape index (κ3) is 9.86. The van der Waals surface area contributed by atoms with Gasteiger partial charge in [0.05, 0.1) is 6.54 Å². The number of nitrogens with zero attached hydrogens (tertiary/aromatic N) is 2. The Kier molecular flexibility index (Phi) is 14.0. The number of hydrogen-bond acceptors (Lipinski definition) is 7. The quantitative estimate of drug-likeness (QED) is 0.0930. The van der Waals surface area contributed by atoms with Crippen LogP contribution in [0.1, 0.15) is 58.1 Å². The number of likely N-dealkylation sites (N-methyl/N-ethyl adjacent to an activating group) is 1. The molecule has 1 aliphatic heterocycles. The van der Waals surface area contributed by atoms with Crippen LogP contribution in [0.5, 0.6) is 0 Å². The van der Waals surface area contributed by atoms with Crippen molar-refractivity contribution in [1.29, 1.82) is 0 Å². The summed E-state index contributed by atoms with van der Waals surface area (Å²) in [6.07, 6.45) is 8.11. The summed E-state index contributed by atoms with van der Waals surface area (Å²) < 4.78 is 6.26. The van der Waals surface area contributed by atoms with E-state index < -0.39 is 12.3 Å². The molecule has 0 spiro atoms. The number of para-hydroxylation sites is 1. The Labute approximate surface area is 268 Å². The van der Waals surface area contributed by atoms with Gasteiger partial charge in [-0.25, -0.2) is 4.99 Å². The van der Waals surface area contributed by atoms with Crippen LogP contribution in [-0.2, 0) is 9.53 Å². The summed E-state index contributed by atoms with van der Waals surface area (Å²) in [6.45, 7) is 16.8. The van der Waals surface area contributed by atoms with Crippen LogP contribution in [0.15, 0.2) is 107 Å². The lowest BCUT2D eigenvalue weighted by molar-refractivity contribution is -0.117. The monoisotopic (exact) mass is 611 g/mol. The normalized spacial score (nSPS) is 17.1. The van der Waals surface area contributed by atoms with Crippen LogP contribution in [0, 0.1) is 11.8 Å². The molecule has 0 radical (unpaired) electrons. The number of allylic oxidation sites excluding steroid dienone is 1. The van der Waals surface area contributed by atoms with Gasteiger partial charge in [0.15, 0.2) is 12.1 Å².